The van der Waals surface area contributed by atoms with Crippen LogP contribution in [0.1, 0.15) is 41.5 Å². The molecule has 0 aliphatic rings. The molecule has 0 saturated heterocycles. The van der Waals surface area contributed by atoms with Crippen LogP contribution in [0.3, 0.4) is 0 Å². The molecule has 0 aromatic rings. The molecule has 0 heterocycles. The van der Waals surface area contributed by atoms with Crippen molar-refractivity contribution in [1.29, 1.82) is 0 Å². The average Bonchev–Trinajstić information content (AvgIpc) is 2.60. The van der Waals surface area contributed by atoms with Gasteiger partial charge in [-0.3, -0.25) is 0 Å². The van der Waals surface area contributed by atoms with E-state index in [4.69, 9.17) is 30.7 Å². The number of hydrogen-bond acceptors (Lipinski definition) is 7. The van der Waals surface area contributed by atoms with Crippen molar-refractivity contribution >= 4 is 34.2 Å². The largest absolute Gasteiger partial charge is 0.500 e. The van der Waals surface area contributed by atoms with E-state index in [9.17, 15) is 0 Å². The van der Waals surface area contributed by atoms with Gasteiger partial charge in [-0.2, -0.15) is 0 Å². The van der Waals surface area contributed by atoms with Gasteiger partial charge in [-0.15, -0.1) is 0 Å². The van der Waals surface area contributed by atoms with Gasteiger partial charge in [0.1, 0.15) is 0 Å². The third-order valence-electron chi connectivity index (χ3n) is 4.41. The van der Waals surface area contributed by atoms with Crippen LogP contribution in [0.15, 0.2) is 0 Å². The lowest BCUT2D eigenvalue weighted by Gasteiger charge is -2.39. The van der Waals surface area contributed by atoms with E-state index in [0.717, 1.165) is 17.8 Å². The van der Waals surface area contributed by atoms with Crippen molar-refractivity contribution in [3.63, 3.8) is 0 Å². The fourth-order valence-electron chi connectivity index (χ4n) is 3.75. The molecule has 0 spiro atoms. The molecule has 0 saturated carbocycles. The summed E-state index contributed by atoms with van der Waals surface area (Å²) in [6.45, 7) is 24.6. The van der Waals surface area contributed by atoms with Crippen LogP contribution < -0.4 is 0 Å². The molecule has 0 rings (SSSR count). The van der Waals surface area contributed by atoms with Gasteiger partial charge in [-0.05, 0) is 73.8 Å². The average molecular weight is 501 g/mol. The molecule has 0 radical (unpaired) electrons. The van der Waals surface area contributed by atoms with E-state index in [1.807, 2.05) is 41.5 Å². The summed E-state index contributed by atoms with van der Waals surface area (Å²) in [6.07, 6.45) is 0. The third kappa shape index (κ3) is 11.5. The van der Waals surface area contributed by atoms with E-state index in [1.54, 1.807) is 0 Å². The van der Waals surface area contributed by atoms with Gasteiger partial charge in [0.2, 0.25) is 0 Å². The van der Waals surface area contributed by atoms with Crippen LogP contribution in [0.25, 0.3) is 0 Å². The molecule has 0 aliphatic carbocycles. The van der Waals surface area contributed by atoms with Gasteiger partial charge in [0, 0.05) is 51.4 Å². The fraction of sp³-hybridized carbons (Fsp3) is 1.00. The van der Waals surface area contributed by atoms with Crippen LogP contribution in [0.5, 0.6) is 0 Å². The van der Waals surface area contributed by atoms with E-state index in [-0.39, 0.29) is 0 Å². The second-order valence-corrected chi connectivity index (χ2v) is 23.0. The van der Waals surface area contributed by atoms with Crippen LogP contribution in [0.4, 0.5) is 0 Å². The summed E-state index contributed by atoms with van der Waals surface area (Å²) in [5.74, 6) is 0. The highest BCUT2D eigenvalue weighted by molar-refractivity contribution is 6.91. The highest BCUT2D eigenvalue weighted by atomic mass is 28.5. The molecule has 0 atom stereocenters. The van der Waals surface area contributed by atoms with Crippen LogP contribution in [-0.2, 0) is 30.7 Å². The zero-order valence-corrected chi connectivity index (χ0v) is 25.2. The number of hydrogen-bond donors (Lipinski definition) is 0. The van der Waals surface area contributed by atoms with Crippen LogP contribution in [-0.4, -0.2) is 73.9 Å². The van der Waals surface area contributed by atoms with Gasteiger partial charge in [-0.25, -0.2) is 0 Å². The first-order valence-corrected chi connectivity index (χ1v) is 21.6. The van der Waals surface area contributed by atoms with E-state index in [1.165, 1.54) is 0 Å². The number of rotatable bonds is 19. The summed E-state index contributed by atoms with van der Waals surface area (Å²) in [4.78, 5) is 0. The first-order valence-electron chi connectivity index (χ1n) is 11.5. The molecule has 0 bridgehead atoms. The lowest BCUT2D eigenvalue weighted by atomic mass is 10.9. The zero-order chi connectivity index (χ0) is 23.3. The smallest absolute Gasteiger partial charge is 0.455 e. The Labute approximate surface area is 190 Å². The van der Waals surface area contributed by atoms with Crippen LogP contribution >= 0.6 is 0 Å². The maximum absolute atomic E-state index is 6.88. The van der Waals surface area contributed by atoms with E-state index < -0.39 is 34.2 Å². The molecule has 30 heavy (non-hydrogen) atoms. The predicted molar refractivity (Wildman–Crippen MR) is 132 cm³/mol. The second kappa shape index (κ2) is 14.7. The normalized spacial score (nSPS) is 13.8. The molecule has 0 fully saturated rings. The molecular formula is C19H48O7Si4. The Hall–Kier alpha value is 0.588. The summed E-state index contributed by atoms with van der Waals surface area (Å²) in [7, 11) is -9.48. The molecule has 0 aliphatic heterocycles. The Morgan fingerprint density at radius 1 is 0.433 bits per heavy atom. The molecule has 0 aromatic heterocycles. The maximum Gasteiger partial charge on any atom is 0.500 e. The maximum atomic E-state index is 6.88. The van der Waals surface area contributed by atoms with Gasteiger partial charge >= 0.3 is 17.6 Å². The fourth-order valence-corrected chi connectivity index (χ4v) is 23.7. The quantitative estimate of drug-likeness (QED) is 0.230. The van der Waals surface area contributed by atoms with E-state index >= 15 is 0 Å². The standard InChI is InChI=1S/C19H48O7Si4/c1-11-20-29(21-12-2,22-13-3)18-17-27(7,8)26-28(9,10)19-30(23-14-4,24-15-5)25-16-6/h11-19H2,1-10H3. The Bertz CT molecular complexity index is 419. The molecule has 11 heteroatoms. The predicted octanol–water partition coefficient (Wildman–Crippen LogP) is 5.05. The Kier molecular flexibility index (Phi) is 15.0. The topological polar surface area (TPSA) is 64.6 Å². The summed E-state index contributed by atoms with van der Waals surface area (Å²) in [5, 5.41) is 0. The summed E-state index contributed by atoms with van der Waals surface area (Å²) in [6, 6.07) is 1.72. The molecule has 0 amide bonds. The van der Waals surface area contributed by atoms with Crippen molar-refractivity contribution in [2.45, 2.75) is 85.5 Å². The van der Waals surface area contributed by atoms with Crippen molar-refractivity contribution in [2.24, 2.45) is 0 Å². The molecule has 7 nitrogen and oxygen atoms in total. The minimum Gasteiger partial charge on any atom is -0.455 e. The first-order chi connectivity index (χ1) is 14.0. The van der Waals surface area contributed by atoms with E-state index in [0.29, 0.717) is 39.6 Å². The lowest BCUT2D eigenvalue weighted by molar-refractivity contribution is 0.0717. The van der Waals surface area contributed by atoms with Crippen LogP contribution in [0, 0.1) is 0 Å². The Morgan fingerprint density at radius 3 is 1.10 bits per heavy atom. The molecule has 182 valence electrons. The SMILES string of the molecule is CCO[Si](CC[Si](C)(C)O[Si](C)(C)C[Si](OCC)(OCC)OCC)(OCC)OCC. The summed E-state index contributed by atoms with van der Waals surface area (Å²) >= 11 is 0. The highest BCUT2D eigenvalue weighted by Crippen LogP contribution is 2.31. The Morgan fingerprint density at radius 2 is 0.767 bits per heavy atom. The van der Waals surface area contributed by atoms with E-state index in [2.05, 4.69) is 26.2 Å². The first kappa shape index (κ1) is 30.6. The Balaban J connectivity index is 5.31. The third-order valence-corrected chi connectivity index (χ3v) is 21.2. The monoisotopic (exact) mass is 500 g/mol. The minimum absolute atomic E-state index is 0.586. The second-order valence-electron chi connectivity index (χ2n) is 8.26. The lowest BCUT2D eigenvalue weighted by Crippen LogP contribution is -2.56. The highest BCUT2D eigenvalue weighted by Gasteiger charge is 2.50. The minimum atomic E-state index is -2.73. The van der Waals surface area contributed by atoms with Crippen molar-refractivity contribution < 1.29 is 30.7 Å². The van der Waals surface area contributed by atoms with Gasteiger partial charge in [0.25, 0.3) is 0 Å². The van der Waals surface area contributed by atoms with Gasteiger partial charge in [0.05, 0.1) is 0 Å². The van der Waals surface area contributed by atoms with Gasteiger partial charge in [-0.1, -0.05) is 0 Å². The van der Waals surface area contributed by atoms with Crippen LogP contribution in [0.2, 0.25) is 43.9 Å². The van der Waals surface area contributed by atoms with Crippen molar-refractivity contribution in [2.75, 3.05) is 39.6 Å². The molecule has 0 N–H and O–H groups in total. The van der Waals surface area contributed by atoms with Gasteiger partial charge in [0.15, 0.2) is 16.6 Å². The van der Waals surface area contributed by atoms with Gasteiger partial charge < -0.3 is 30.7 Å². The van der Waals surface area contributed by atoms with Crippen molar-refractivity contribution in [1.82, 2.24) is 0 Å². The molecule has 0 unspecified atom stereocenters. The zero-order valence-electron chi connectivity index (χ0n) is 21.2. The summed E-state index contributed by atoms with van der Waals surface area (Å²) in [5.41, 5.74) is 0.761. The molecule has 0 aromatic carbocycles. The van der Waals surface area contributed by atoms with Crippen molar-refractivity contribution in [3.05, 3.63) is 0 Å². The molecular weight excluding hydrogens is 453 g/mol. The summed E-state index contributed by atoms with van der Waals surface area (Å²) < 4.78 is 43.2. The van der Waals surface area contributed by atoms with Crippen molar-refractivity contribution in [3.8, 4) is 0 Å².